The Balaban J connectivity index is 1.75. The van der Waals surface area contributed by atoms with Gasteiger partial charge in [-0.1, -0.05) is 23.9 Å². The van der Waals surface area contributed by atoms with Gasteiger partial charge < -0.3 is 5.32 Å². The van der Waals surface area contributed by atoms with Gasteiger partial charge in [-0.05, 0) is 43.3 Å². The van der Waals surface area contributed by atoms with Crippen LogP contribution < -0.4 is 10.9 Å². The highest BCUT2D eigenvalue weighted by atomic mass is 32.2. The van der Waals surface area contributed by atoms with E-state index in [0.29, 0.717) is 33.9 Å². The molecule has 0 atom stereocenters. The minimum absolute atomic E-state index is 0.104. The number of nitriles is 1. The van der Waals surface area contributed by atoms with Crippen LogP contribution in [0.1, 0.15) is 12.5 Å². The van der Waals surface area contributed by atoms with E-state index in [4.69, 9.17) is 5.26 Å². The number of thioether (sulfide) groups is 1. The van der Waals surface area contributed by atoms with Crippen molar-refractivity contribution in [1.29, 1.82) is 5.26 Å². The van der Waals surface area contributed by atoms with Gasteiger partial charge in [0.2, 0.25) is 5.91 Å². The number of nitrogens with one attached hydrogen (secondary N) is 1. The number of carbonyl (C=O) groups is 1. The average Bonchev–Trinajstić information content (AvgIpc) is 2.67. The van der Waals surface area contributed by atoms with Crippen molar-refractivity contribution in [2.75, 3.05) is 11.1 Å². The van der Waals surface area contributed by atoms with Crippen LogP contribution in [0.5, 0.6) is 0 Å². The van der Waals surface area contributed by atoms with Gasteiger partial charge in [0.25, 0.3) is 5.56 Å². The van der Waals surface area contributed by atoms with Gasteiger partial charge in [0, 0.05) is 12.2 Å². The van der Waals surface area contributed by atoms with Crippen molar-refractivity contribution >= 4 is 34.3 Å². The van der Waals surface area contributed by atoms with Crippen molar-refractivity contribution in [2.24, 2.45) is 0 Å². The monoisotopic (exact) mass is 364 g/mol. The first-order valence-corrected chi connectivity index (χ1v) is 9.03. The topological polar surface area (TPSA) is 87.8 Å². The highest BCUT2D eigenvalue weighted by Crippen LogP contribution is 2.18. The molecule has 0 aliphatic rings. The lowest BCUT2D eigenvalue weighted by Gasteiger charge is -2.11. The Morgan fingerprint density at radius 1 is 1.23 bits per heavy atom. The van der Waals surface area contributed by atoms with E-state index >= 15 is 0 Å². The maximum absolute atomic E-state index is 12.6. The molecule has 0 bridgehead atoms. The number of fused-ring (bicyclic) bond motifs is 1. The van der Waals surface area contributed by atoms with Crippen LogP contribution in [0.2, 0.25) is 0 Å². The van der Waals surface area contributed by atoms with E-state index in [1.54, 1.807) is 41.0 Å². The first-order valence-electron chi connectivity index (χ1n) is 8.04. The van der Waals surface area contributed by atoms with Gasteiger partial charge in [-0.3, -0.25) is 14.2 Å². The molecule has 130 valence electrons. The molecule has 0 saturated heterocycles. The van der Waals surface area contributed by atoms with Crippen LogP contribution >= 0.6 is 11.8 Å². The fourth-order valence-corrected chi connectivity index (χ4v) is 3.36. The predicted octanol–water partition coefficient (Wildman–Crippen LogP) is 3.02. The Morgan fingerprint density at radius 2 is 1.96 bits per heavy atom. The number of nitrogens with zero attached hydrogens (tertiary/aromatic N) is 3. The predicted molar refractivity (Wildman–Crippen MR) is 102 cm³/mol. The molecule has 1 N–H and O–H groups in total. The molecule has 0 unspecified atom stereocenters. The molecule has 2 aromatic carbocycles. The van der Waals surface area contributed by atoms with Crippen LogP contribution in [-0.4, -0.2) is 21.2 Å². The summed E-state index contributed by atoms with van der Waals surface area (Å²) in [4.78, 5) is 29.3. The van der Waals surface area contributed by atoms with Gasteiger partial charge >= 0.3 is 0 Å². The zero-order chi connectivity index (χ0) is 18.5. The summed E-state index contributed by atoms with van der Waals surface area (Å²) in [6.45, 7) is 2.36. The molecule has 3 rings (SSSR count). The molecule has 7 heteroatoms. The van der Waals surface area contributed by atoms with E-state index in [1.807, 2.05) is 25.1 Å². The zero-order valence-corrected chi connectivity index (χ0v) is 14.9. The van der Waals surface area contributed by atoms with E-state index in [0.717, 1.165) is 0 Å². The maximum atomic E-state index is 12.6. The smallest absolute Gasteiger partial charge is 0.262 e. The van der Waals surface area contributed by atoms with Crippen LogP contribution in [0.15, 0.2) is 58.5 Å². The molecule has 26 heavy (non-hydrogen) atoms. The fraction of sp³-hybridized carbons (Fsp3) is 0.158. The third-order valence-corrected chi connectivity index (χ3v) is 4.75. The summed E-state index contributed by atoms with van der Waals surface area (Å²) in [5.74, 6) is -0.0742. The number of aromatic nitrogens is 2. The lowest BCUT2D eigenvalue weighted by molar-refractivity contribution is -0.113. The summed E-state index contributed by atoms with van der Waals surface area (Å²) in [6, 6.07) is 15.8. The third-order valence-electron chi connectivity index (χ3n) is 3.77. The molecule has 0 saturated carbocycles. The molecular weight excluding hydrogens is 348 g/mol. The van der Waals surface area contributed by atoms with Gasteiger partial charge in [0.15, 0.2) is 5.16 Å². The van der Waals surface area contributed by atoms with E-state index in [9.17, 15) is 9.59 Å². The molecular formula is C19H16N4O2S. The fourth-order valence-electron chi connectivity index (χ4n) is 2.49. The van der Waals surface area contributed by atoms with E-state index in [2.05, 4.69) is 10.3 Å². The number of amides is 1. The van der Waals surface area contributed by atoms with E-state index in [1.165, 1.54) is 11.8 Å². The van der Waals surface area contributed by atoms with E-state index < -0.39 is 0 Å². The summed E-state index contributed by atoms with van der Waals surface area (Å²) >= 11 is 1.22. The molecule has 0 aliphatic heterocycles. The Bertz CT molecular complexity index is 1050. The zero-order valence-electron chi connectivity index (χ0n) is 14.1. The number of hydrogen-bond donors (Lipinski definition) is 1. The Hall–Kier alpha value is -3.11. The average molecular weight is 364 g/mol. The Kier molecular flexibility index (Phi) is 5.34. The highest BCUT2D eigenvalue weighted by Gasteiger charge is 2.12. The summed E-state index contributed by atoms with van der Waals surface area (Å²) in [6.07, 6.45) is 0. The normalized spacial score (nSPS) is 10.5. The first kappa shape index (κ1) is 17.7. The Morgan fingerprint density at radius 3 is 2.65 bits per heavy atom. The van der Waals surface area contributed by atoms with Crippen LogP contribution in [0.4, 0.5) is 5.69 Å². The quantitative estimate of drug-likeness (QED) is 0.555. The van der Waals surface area contributed by atoms with Crippen LogP contribution in [0, 0.1) is 11.3 Å². The standard InChI is InChI=1S/C19H16N4O2S/c1-2-23-18(25)15-5-3-4-6-16(15)22-19(23)26-12-17(24)21-14-9-7-13(11-20)8-10-14/h3-10H,2,12H2,1H3,(H,21,24). The van der Waals surface area contributed by atoms with Gasteiger partial charge in [-0.25, -0.2) is 4.98 Å². The second kappa shape index (κ2) is 7.85. The van der Waals surface area contributed by atoms with Crippen molar-refractivity contribution in [3.05, 3.63) is 64.4 Å². The summed E-state index contributed by atoms with van der Waals surface area (Å²) < 4.78 is 1.57. The molecule has 6 nitrogen and oxygen atoms in total. The van der Waals surface area contributed by atoms with E-state index in [-0.39, 0.29) is 17.2 Å². The largest absolute Gasteiger partial charge is 0.325 e. The third kappa shape index (κ3) is 3.76. The molecule has 0 aliphatic carbocycles. The number of benzene rings is 2. The molecule has 1 amide bonds. The van der Waals surface area contributed by atoms with Crippen molar-refractivity contribution in [3.63, 3.8) is 0 Å². The number of hydrogen-bond acceptors (Lipinski definition) is 5. The molecule has 3 aromatic rings. The number of para-hydroxylation sites is 1. The van der Waals surface area contributed by atoms with Crippen LogP contribution in [-0.2, 0) is 11.3 Å². The van der Waals surface area contributed by atoms with Gasteiger partial charge in [0.05, 0.1) is 28.3 Å². The van der Waals surface area contributed by atoms with Gasteiger partial charge in [0.1, 0.15) is 0 Å². The van der Waals surface area contributed by atoms with Crippen molar-refractivity contribution in [2.45, 2.75) is 18.6 Å². The second-order valence-corrected chi connectivity index (χ2v) is 6.43. The van der Waals surface area contributed by atoms with Gasteiger partial charge in [-0.15, -0.1) is 0 Å². The lowest BCUT2D eigenvalue weighted by atomic mass is 10.2. The number of carbonyl (C=O) groups excluding carboxylic acids is 1. The number of rotatable bonds is 5. The van der Waals surface area contributed by atoms with Gasteiger partial charge in [-0.2, -0.15) is 5.26 Å². The minimum Gasteiger partial charge on any atom is -0.325 e. The Labute approximate surface area is 154 Å². The molecule has 0 fully saturated rings. The highest BCUT2D eigenvalue weighted by molar-refractivity contribution is 7.99. The first-order chi connectivity index (χ1) is 12.6. The molecule has 0 radical (unpaired) electrons. The molecule has 0 spiro atoms. The van der Waals surface area contributed by atoms with Crippen molar-refractivity contribution < 1.29 is 4.79 Å². The minimum atomic E-state index is -0.204. The summed E-state index contributed by atoms with van der Waals surface area (Å²) in [5.41, 5.74) is 1.67. The van der Waals surface area contributed by atoms with Crippen LogP contribution in [0.3, 0.4) is 0 Å². The maximum Gasteiger partial charge on any atom is 0.262 e. The summed E-state index contributed by atoms with van der Waals surface area (Å²) in [7, 11) is 0. The number of anilines is 1. The SMILES string of the molecule is CCn1c(SCC(=O)Nc2ccc(C#N)cc2)nc2ccccc2c1=O. The van der Waals surface area contributed by atoms with Crippen molar-refractivity contribution in [3.8, 4) is 6.07 Å². The second-order valence-electron chi connectivity index (χ2n) is 5.49. The van der Waals surface area contributed by atoms with Crippen molar-refractivity contribution in [1.82, 2.24) is 9.55 Å². The summed E-state index contributed by atoms with van der Waals surface area (Å²) in [5, 5.41) is 12.7. The molecule has 1 heterocycles. The lowest BCUT2D eigenvalue weighted by Crippen LogP contribution is -2.23. The van der Waals surface area contributed by atoms with Crippen LogP contribution in [0.25, 0.3) is 10.9 Å². The molecule has 1 aromatic heterocycles.